The molecule has 1 aliphatic heterocycles. The first-order chi connectivity index (χ1) is 16.5. The van der Waals surface area contributed by atoms with Gasteiger partial charge < -0.3 is 14.5 Å². The molecule has 174 valence electrons. The Morgan fingerprint density at radius 2 is 1.76 bits per heavy atom. The number of nitriles is 1. The Balaban J connectivity index is 1.28. The van der Waals surface area contributed by atoms with Gasteiger partial charge in [-0.1, -0.05) is 42.5 Å². The summed E-state index contributed by atoms with van der Waals surface area (Å²) in [5.74, 6) is -0.587. The Kier molecular flexibility index (Phi) is 7.44. The number of carbonyl (C=O) groups excluding carboxylic acids is 1. The van der Waals surface area contributed by atoms with Gasteiger partial charge in [0.25, 0.3) is 0 Å². The molecule has 0 N–H and O–H groups in total. The Hall–Kier alpha value is -3.85. The first-order valence-corrected chi connectivity index (χ1v) is 11.5. The van der Waals surface area contributed by atoms with Crippen molar-refractivity contribution in [2.75, 3.05) is 29.9 Å². The number of esters is 1. The largest absolute Gasteiger partial charge is 0.461 e. The zero-order chi connectivity index (χ0) is 23.9. The Morgan fingerprint density at radius 1 is 1.06 bits per heavy atom. The monoisotopic (exact) mass is 457 g/mol. The van der Waals surface area contributed by atoms with Gasteiger partial charge in [-0.2, -0.15) is 5.26 Å². The number of hydrogen-bond donors (Lipinski definition) is 0. The fourth-order valence-corrected chi connectivity index (χ4v) is 4.34. The van der Waals surface area contributed by atoms with E-state index in [2.05, 4.69) is 11.9 Å². The predicted octanol–water partition coefficient (Wildman–Crippen LogP) is 5.09. The van der Waals surface area contributed by atoms with Crippen molar-refractivity contribution in [3.05, 3.63) is 95.3 Å². The van der Waals surface area contributed by atoms with Gasteiger partial charge in [0.2, 0.25) is 0 Å². The van der Waals surface area contributed by atoms with E-state index in [4.69, 9.17) is 10.00 Å². The molecule has 1 aliphatic rings. The maximum absolute atomic E-state index is 14.4. The van der Waals surface area contributed by atoms with Crippen LogP contribution >= 0.6 is 0 Å². The highest BCUT2D eigenvalue weighted by Gasteiger charge is 2.24. The summed E-state index contributed by atoms with van der Waals surface area (Å²) in [5, 5.41) is 8.94. The van der Waals surface area contributed by atoms with E-state index in [1.807, 2.05) is 65.6 Å². The van der Waals surface area contributed by atoms with Gasteiger partial charge in [-0.3, -0.25) is 4.79 Å². The lowest BCUT2D eigenvalue weighted by molar-refractivity contribution is -0.144. The van der Waals surface area contributed by atoms with Gasteiger partial charge in [0, 0.05) is 31.9 Å². The van der Waals surface area contributed by atoms with Crippen LogP contribution in [0.4, 0.5) is 15.8 Å². The summed E-state index contributed by atoms with van der Waals surface area (Å²) < 4.78 is 19.7. The van der Waals surface area contributed by atoms with Crippen molar-refractivity contribution >= 4 is 17.3 Å². The van der Waals surface area contributed by atoms with Crippen LogP contribution in [-0.2, 0) is 22.6 Å². The minimum absolute atomic E-state index is 0.241. The predicted molar refractivity (Wildman–Crippen MR) is 131 cm³/mol. The third-order valence-corrected chi connectivity index (χ3v) is 6.36. The minimum atomic E-state index is -0.344. The lowest BCUT2D eigenvalue weighted by Crippen LogP contribution is -2.43. The average molecular weight is 458 g/mol. The first kappa shape index (κ1) is 23.3. The molecule has 3 aromatic rings. The molecule has 0 aliphatic carbocycles. The van der Waals surface area contributed by atoms with Crippen molar-refractivity contribution in [3.8, 4) is 6.07 Å². The van der Waals surface area contributed by atoms with Gasteiger partial charge in [-0.15, -0.1) is 0 Å². The number of halogens is 1. The normalized spacial score (nSPS) is 13.9. The van der Waals surface area contributed by atoms with Crippen LogP contribution in [0.5, 0.6) is 0 Å². The van der Waals surface area contributed by atoms with Crippen LogP contribution in [0, 0.1) is 17.1 Å². The minimum Gasteiger partial charge on any atom is -0.461 e. The van der Waals surface area contributed by atoms with Crippen LogP contribution in [0.1, 0.15) is 29.5 Å². The van der Waals surface area contributed by atoms with E-state index in [0.717, 1.165) is 42.7 Å². The van der Waals surface area contributed by atoms with E-state index in [1.165, 1.54) is 6.07 Å². The molecule has 0 radical (unpaired) electrons. The molecular weight excluding hydrogens is 429 g/mol. The van der Waals surface area contributed by atoms with Crippen molar-refractivity contribution in [2.24, 2.45) is 0 Å². The summed E-state index contributed by atoms with van der Waals surface area (Å²) in [5.41, 5.74) is 3.87. The van der Waals surface area contributed by atoms with Crippen LogP contribution in [-0.4, -0.2) is 32.1 Å². The number of rotatable bonds is 7. The van der Waals surface area contributed by atoms with Crippen molar-refractivity contribution in [1.29, 1.82) is 5.26 Å². The fraction of sp³-hybridized carbons (Fsp3) is 0.286. The third kappa shape index (κ3) is 5.74. The molecule has 5 nitrogen and oxygen atoms in total. The van der Waals surface area contributed by atoms with E-state index >= 15 is 0 Å². The van der Waals surface area contributed by atoms with Crippen LogP contribution in [0.15, 0.2) is 72.8 Å². The molecule has 0 bridgehead atoms. The Morgan fingerprint density at radius 3 is 2.41 bits per heavy atom. The summed E-state index contributed by atoms with van der Waals surface area (Å²) in [6.45, 7) is 1.79. The molecule has 0 spiro atoms. The molecule has 1 fully saturated rings. The van der Waals surface area contributed by atoms with Crippen LogP contribution in [0.2, 0.25) is 0 Å². The summed E-state index contributed by atoms with van der Waals surface area (Å²) in [6.07, 6.45) is 2.05. The average Bonchev–Trinajstić information content (AvgIpc) is 2.88. The smallest absolute Gasteiger partial charge is 0.310 e. The SMILES string of the molecule is CN(c1ccc(CC(=O)OCc2ccccc2)cc1)C1CCN(c2ccc(C#N)cc2F)CC1. The van der Waals surface area contributed by atoms with Gasteiger partial charge in [-0.05, 0) is 54.3 Å². The molecule has 0 saturated carbocycles. The zero-order valence-corrected chi connectivity index (χ0v) is 19.3. The molecule has 0 aromatic heterocycles. The van der Waals surface area contributed by atoms with Crippen molar-refractivity contribution in [1.82, 2.24) is 0 Å². The Labute approximate surface area is 200 Å². The highest BCUT2D eigenvalue weighted by molar-refractivity contribution is 5.72. The molecule has 34 heavy (non-hydrogen) atoms. The summed E-state index contributed by atoms with van der Waals surface area (Å²) in [6, 6.07) is 24.6. The second kappa shape index (κ2) is 10.8. The van der Waals surface area contributed by atoms with E-state index in [0.29, 0.717) is 17.3 Å². The number of nitrogens with zero attached hydrogens (tertiary/aromatic N) is 3. The molecule has 1 saturated heterocycles. The molecule has 0 atom stereocenters. The summed E-state index contributed by atoms with van der Waals surface area (Å²) in [7, 11) is 2.08. The van der Waals surface area contributed by atoms with E-state index in [-0.39, 0.29) is 24.8 Å². The van der Waals surface area contributed by atoms with Crippen LogP contribution in [0.3, 0.4) is 0 Å². The maximum Gasteiger partial charge on any atom is 0.310 e. The number of hydrogen-bond acceptors (Lipinski definition) is 5. The second-order valence-corrected chi connectivity index (χ2v) is 8.60. The highest BCUT2D eigenvalue weighted by atomic mass is 19.1. The molecular formula is C28H28FN3O2. The van der Waals surface area contributed by atoms with Crippen LogP contribution in [0.25, 0.3) is 0 Å². The fourth-order valence-electron chi connectivity index (χ4n) is 4.34. The van der Waals surface area contributed by atoms with Crippen molar-refractivity contribution in [3.63, 3.8) is 0 Å². The molecule has 0 amide bonds. The van der Waals surface area contributed by atoms with E-state index in [1.54, 1.807) is 12.1 Å². The molecule has 3 aromatic carbocycles. The number of anilines is 2. The summed E-state index contributed by atoms with van der Waals surface area (Å²) in [4.78, 5) is 16.5. The van der Waals surface area contributed by atoms with Gasteiger partial charge in [0.05, 0.1) is 23.7 Å². The van der Waals surface area contributed by atoms with Gasteiger partial charge >= 0.3 is 5.97 Å². The van der Waals surface area contributed by atoms with Crippen molar-refractivity contribution in [2.45, 2.75) is 31.9 Å². The van der Waals surface area contributed by atoms with E-state index < -0.39 is 0 Å². The van der Waals surface area contributed by atoms with Crippen LogP contribution < -0.4 is 9.80 Å². The number of piperidine rings is 1. The molecule has 0 unspecified atom stereocenters. The second-order valence-electron chi connectivity index (χ2n) is 8.60. The number of carbonyl (C=O) groups is 1. The first-order valence-electron chi connectivity index (χ1n) is 11.5. The van der Waals surface area contributed by atoms with E-state index in [9.17, 15) is 9.18 Å². The van der Waals surface area contributed by atoms with Gasteiger partial charge in [0.15, 0.2) is 0 Å². The Bertz CT molecular complexity index is 1150. The number of benzene rings is 3. The molecule has 1 heterocycles. The van der Waals surface area contributed by atoms with Gasteiger partial charge in [-0.25, -0.2) is 4.39 Å². The zero-order valence-electron chi connectivity index (χ0n) is 19.3. The highest BCUT2D eigenvalue weighted by Crippen LogP contribution is 2.27. The van der Waals surface area contributed by atoms with Crippen molar-refractivity contribution < 1.29 is 13.9 Å². The maximum atomic E-state index is 14.4. The quantitative estimate of drug-likeness (QED) is 0.463. The standard InChI is InChI=1S/C28H28FN3O2/c1-31(25-13-15-32(16-14-25)27-12-9-23(19-30)17-26(27)29)24-10-7-21(8-11-24)18-28(33)34-20-22-5-3-2-4-6-22/h2-12,17,25H,13-16,18,20H2,1H3. The van der Waals surface area contributed by atoms with Gasteiger partial charge in [0.1, 0.15) is 12.4 Å². The number of ether oxygens (including phenoxy) is 1. The topological polar surface area (TPSA) is 56.6 Å². The third-order valence-electron chi connectivity index (χ3n) is 6.36. The lowest BCUT2D eigenvalue weighted by atomic mass is 10.0. The molecule has 6 heteroatoms. The summed E-state index contributed by atoms with van der Waals surface area (Å²) >= 11 is 0. The lowest BCUT2D eigenvalue weighted by Gasteiger charge is -2.39. The molecule has 4 rings (SSSR count).